The van der Waals surface area contributed by atoms with Gasteiger partial charge in [-0.2, -0.15) is 4.73 Å². The molecule has 0 radical (unpaired) electrons. The Morgan fingerprint density at radius 3 is 2.74 bits per heavy atom. The van der Waals surface area contributed by atoms with Gasteiger partial charge in [-0.1, -0.05) is 25.3 Å². The minimum atomic E-state index is -0.338. The van der Waals surface area contributed by atoms with Crippen molar-refractivity contribution in [2.24, 2.45) is 0 Å². The van der Waals surface area contributed by atoms with Gasteiger partial charge in [-0.3, -0.25) is 14.6 Å². The third kappa shape index (κ3) is 5.38. The SMILES string of the molecule is O=C(c1ccc[n+]([O-])c1)N1CC(=O)N(C2CCCCC2)C[C@H](OCc2ccccn2)C1. The number of carbonyl (C=O) groups is 2. The Bertz CT molecular complexity index is 901. The van der Waals surface area contributed by atoms with Gasteiger partial charge >= 0.3 is 0 Å². The number of rotatable bonds is 5. The predicted octanol–water partition coefficient (Wildman–Crippen LogP) is 1.92. The molecule has 0 aromatic carbocycles. The van der Waals surface area contributed by atoms with E-state index in [2.05, 4.69) is 4.98 Å². The summed E-state index contributed by atoms with van der Waals surface area (Å²) in [6.45, 7) is 1.05. The average Bonchev–Trinajstić information content (AvgIpc) is 2.97. The molecule has 1 atom stereocenters. The lowest BCUT2D eigenvalue weighted by molar-refractivity contribution is -0.605. The summed E-state index contributed by atoms with van der Waals surface area (Å²) < 4.78 is 6.73. The zero-order chi connectivity index (χ0) is 21.6. The number of aromatic nitrogens is 2. The van der Waals surface area contributed by atoms with Crippen molar-refractivity contribution in [3.05, 3.63) is 65.4 Å². The zero-order valence-corrected chi connectivity index (χ0v) is 17.6. The van der Waals surface area contributed by atoms with Gasteiger partial charge in [-0.15, -0.1) is 0 Å². The summed E-state index contributed by atoms with van der Waals surface area (Å²) in [6.07, 6.45) is 9.35. The minimum Gasteiger partial charge on any atom is -0.619 e. The van der Waals surface area contributed by atoms with Gasteiger partial charge in [0.15, 0.2) is 12.4 Å². The van der Waals surface area contributed by atoms with Crippen LogP contribution in [0.3, 0.4) is 0 Å². The van der Waals surface area contributed by atoms with E-state index >= 15 is 0 Å². The van der Waals surface area contributed by atoms with Crippen molar-refractivity contribution in [1.29, 1.82) is 0 Å². The number of pyridine rings is 2. The van der Waals surface area contributed by atoms with Gasteiger partial charge in [0.2, 0.25) is 5.91 Å². The van der Waals surface area contributed by atoms with Crippen molar-refractivity contribution in [1.82, 2.24) is 14.8 Å². The van der Waals surface area contributed by atoms with Crippen molar-refractivity contribution in [2.45, 2.75) is 50.9 Å². The molecule has 4 rings (SSSR count). The second kappa shape index (κ2) is 9.87. The highest BCUT2D eigenvalue weighted by atomic mass is 16.5. The molecule has 0 unspecified atom stereocenters. The smallest absolute Gasteiger partial charge is 0.260 e. The molecule has 1 saturated heterocycles. The number of amides is 2. The van der Waals surface area contributed by atoms with Crippen LogP contribution in [0, 0.1) is 5.21 Å². The topological polar surface area (TPSA) is 89.7 Å². The van der Waals surface area contributed by atoms with E-state index in [0.29, 0.717) is 17.9 Å². The molecule has 8 heteroatoms. The quantitative estimate of drug-likeness (QED) is 0.540. The number of hydrogen-bond acceptors (Lipinski definition) is 5. The molecule has 31 heavy (non-hydrogen) atoms. The molecule has 0 N–H and O–H groups in total. The van der Waals surface area contributed by atoms with E-state index in [1.807, 2.05) is 23.1 Å². The Kier molecular flexibility index (Phi) is 6.76. The van der Waals surface area contributed by atoms with Gasteiger partial charge in [0, 0.05) is 31.4 Å². The van der Waals surface area contributed by atoms with Gasteiger partial charge in [-0.05, 0) is 31.0 Å². The van der Waals surface area contributed by atoms with Crippen LogP contribution in [-0.2, 0) is 16.1 Å². The third-order valence-corrected chi connectivity index (χ3v) is 5.99. The summed E-state index contributed by atoms with van der Waals surface area (Å²) in [5.74, 6) is -0.398. The number of carbonyl (C=O) groups excluding carboxylic acids is 2. The molecule has 2 aromatic rings. The third-order valence-electron chi connectivity index (χ3n) is 5.99. The highest BCUT2D eigenvalue weighted by Gasteiger charge is 2.35. The first-order valence-corrected chi connectivity index (χ1v) is 10.9. The van der Waals surface area contributed by atoms with E-state index in [1.54, 1.807) is 12.3 Å². The molecule has 1 aliphatic heterocycles. The summed E-state index contributed by atoms with van der Waals surface area (Å²) in [5.41, 5.74) is 1.07. The van der Waals surface area contributed by atoms with Crippen molar-refractivity contribution >= 4 is 11.8 Å². The maximum absolute atomic E-state index is 13.1. The molecule has 1 saturated carbocycles. The number of ether oxygens (including phenoxy) is 1. The van der Waals surface area contributed by atoms with Crippen LogP contribution in [0.2, 0.25) is 0 Å². The standard InChI is InChI=1S/C23H28N4O4/c28-22-16-25(23(29)18-7-6-12-26(30)13-18)14-21(31-17-19-8-4-5-11-24-19)15-27(22)20-9-2-1-3-10-20/h4-8,11-13,20-21H,1-3,9-10,14-17H2/t21-/m1/s1. The first kappa shape index (κ1) is 21.2. The minimum absolute atomic E-state index is 0.00741. The van der Waals surface area contributed by atoms with E-state index in [-0.39, 0.29) is 42.6 Å². The molecule has 8 nitrogen and oxygen atoms in total. The van der Waals surface area contributed by atoms with Crippen molar-refractivity contribution in [3.8, 4) is 0 Å². The lowest BCUT2D eigenvalue weighted by atomic mass is 9.94. The van der Waals surface area contributed by atoms with Crippen LogP contribution in [0.25, 0.3) is 0 Å². The Morgan fingerprint density at radius 2 is 2.00 bits per heavy atom. The first-order chi connectivity index (χ1) is 15.1. The van der Waals surface area contributed by atoms with E-state index < -0.39 is 0 Å². The van der Waals surface area contributed by atoms with Crippen LogP contribution in [0.4, 0.5) is 0 Å². The normalized spacial score (nSPS) is 20.5. The largest absolute Gasteiger partial charge is 0.619 e. The highest BCUT2D eigenvalue weighted by molar-refractivity contribution is 5.96. The highest BCUT2D eigenvalue weighted by Crippen LogP contribution is 2.25. The average molecular weight is 425 g/mol. The summed E-state index contributed by atoms with van der Waals surface area (Å²) in [6, 6.07) is 8.96. The van der Waals surface area contributed by atoms with Gasteiger partial charge < -0.3 is 19.7 Å². The van der Waals surface area contributed by atoms with Crippen LogP contribution in [-0.4, -0.2) is 58.4 Å². The summed E-state index contributed by atoms with van der Waals surface area (Å²) in [7, 11) is 0. The summed E-state index contributed by atoms with van der Waals surface area (Å²) in [5, 5.41) is 11.6. The Hall–Kier alpha value is -3.00. The van der Waals surface area contributed by atoms with Gasteiger partial charge in [0.1, 0.15) is 12.1 Å². The maximum atomic E-state index is 13.1. The van der Waals surface area contributed by atoms with Crippen LogP contribution >= 0.6 is 0 Å². The fourth-order valence-electron chi connectivity index (χ4n) is 4.40. The second-order valence-corrected chi connectivity index (χ2v) is 8.23. The molecule has 2 fully saturated rings. The molecule has 2 aromatic heterocycles. The van der Waals surface area contributed by atoms with Crippen LogP contribution < -0.4 is 4.73 Å². The van der Waals surface area contributed by atoms with Gasteiger partial charge in [0.25, 0.3) is 5.91 Å². The predicted molar refractivity (Wildman–Crippen MR) is 113 cm³/mol. The molecule has 1 aliphatic carbocycles. The maximum Gasteiger partial charge on any atom is 0.260 e. The van der Waals surface area contributed by atoms with Gasteiger partial charge in [-0.25, -0.2) is 0 Å². The van der Waals surface area contributed by atoms with Crippen LogP contribution in [0.15, 0.2) is 48.9 Å². The zero-order valence-electron chi connectivity index (χ0n) is 17.6. The monoisotopic (exact) mass is 424 g/mol. The van der Waals surface area contributed by atoms with E-state index in [4.69, 9.17) is 4.74 Å². The fraction of sp³-hybridized carbons (Fsp3) is 0.478. The number of nitrogens with zero attached hydrogens (tertiary/aromatic N) is 4. The molecule has 2 amide bonds. The van der Waals surface area contributed by atoms with Crippen molar-refractivity contribution < 1.29 is 19.1 Å². The Balaban J connectivity index is 1.53. The lowest BCUT2D eigenvalue weighted by Crippen LogP contribution is -2.46. The molecular weight excluding hydrogens is 396 g/mol. The Morgan fingerprint density at radius 1 is 1.16 bits per heavy atom. The second-order valence-electron chi connectivity index (χ2n) is 8.23. The fourth-order valence-corrected chi connectivity index (χ4v) is 4.40. The molecule has 164 valence electrons. The van der Waals surface area contributed by atoms with Crippen LogP contribution in [0.5, 0.6) is 0 Å². The molecular formula is C23H28N4O4. The molecule has 2 aliphatic rings. The molecule has 0 spiro atoms. The lowest BCUT2D eigenvalue weighted by Gasteiger charge is -2.34. The first-order valence-electron chi connectivity index (χ1n) is 10.9. The van der Waals surface area contributed by atoms with Crippen LogP contribution in [0.1, 0.15) is 48.2 Å². The molecule has 0 bridgehead atoms. The van der Waals surface area contributed by atoms with E-state index in [1.165, 1.54) is 29.8 Å². The van der Waals surface area contributed by atoms with E-state index in [0.717, 1.165) is 31.4 Å². The Labute approximate surface area is 182 Å². The van der Waals surface area contributed by atoms with Gasteiger partial charge in [0.05, 0.1) is 18.4 Å². The van der Waals surface area contributed by atoms with Crippen molar-refractivity contribution in [3.63, 3.8) is 0 Å². The van der Waals surface area contributed by atoms with E-state index in [9.17, 15) is 14.8 Å². The summed E-state index contributed by atoms with van der Waals surface area (Å²) in [4.78, 5) is 33.9. The van der Waals surface area contributed by atoms with Crippen molar-refractivity contribution in [2.75, 3.05) is 19.6 Å². The summed E-state index contributed by atoms with van der Waals surface area (Å²) >= 11 is 0. The molecule has 3 heterocycles. The number of hydrogen-bond donors (Lipinski definition) is 0.